The lowest BCUT2D eigenvalue weighted by Gasteiger charge is -2.09. The van der Waals surface area contributed by atoms with Crippen LogP contribution in [0.25, 0.3) is 0 Å². The summed E-state index contributed by atoms with van der Waals surface area (Å²) in [5.74, 6) is 0. The topological polar surface area (TPSA) is 70.0 Å². The largest absolute Gasteiger partial charge is 0.383 e. The van der Waals surface area contributed by atoms with Gasteiger partial charge in [0.25, 0.3) is 0 Å². The van der Waals surface area contributed by atoms with Crippen molar-refractivity contribution in [1.82, 2.24) is 10.7 Å². The Kier molecular flexibility index (Phi) is 8.17. The Morgan fingerprint density at radius 1 is 1.40 bits per heavy atom. The van der Waals surface area contributed by atoms with E-state index in [1.165, 1.54) is 0 Å². The van der Waals surface area contributed by atoms with Gasteiger partial charge < -0.3 is 15.4 Å². The maximum absolute atomic E-state index is 5.15. The maximum Gasteiger partial charge on any atom is 0.187 e. The summed E-state index contributed by atoms with van der Waals surface area (Å²) >= 11 is 6.96. The number of ether oxygens (including phenoxy) is 1. The smallest absolute Gasteiger partial charge is 0.187 e. The molecule has 0 fully saturated rings. The number of thiocarbonyl (C=S) groups is 1. The van der Waals surface area contributed by atoms with Crippen molar-refractivity contribution in [3.05, 3.63) is 29.8 Å². The highest BCUT2D eigenvalue weighted by Gasteiger charge is 2.17. The minimum Gasteiger partial charge on any atom is -0.383 e. The van der Waals surface area contributed by atoms with Crippen LogP contribution < -0.4 is 16.1 Å². The molecule has 0 unspecified atom stereocenters. The molecule has 8 heteroatoms. The molecule has 1 aromatic carbocycles. The van der Waals surface area contributed by atoms with Crippen LogP contribution in [-0.2, 0) is 4.74 Å². The molecule has 0 radical (unpaired) electrons. The average molecular weight is 380 g/mol. The number of nitrogens with zero attached hydrogens (tertiary/aromatic N) is 2. The number of amidine groups is 1. The summed E-state index contributed by atoms with van der Waals surface area (Å²) in [7, 11) is 1.65. The van der Waals surface area contributed by atoms with Gasteiger partial charge in [-0.3, -0.25) is 10.4 Å². The molecule has 25 heavy (non-hydrogen) atoms. The van der Waals surface area contributed by atoms with Crippen molar-refractivity contribution >= 4 is 45.7 Å². The van der Waals surface area contributed by atoms with Crippen molar-refractivity contribution in [2.45, 2.75) is 25.5 Å². The van der Waals surface area contributed by atoms with E-state index in [-0.39, 0.29) is 0 Å². The predicted octanol–water partition coefficient (Wildman–Crippen LogP) is 2.81. The van der Waals surface area contributed by atoms with E-state index < -0.39 is 0 Å². The Morgan fingerprint density at radius 3 is 2.80 bits per heavy atom. The number of methoxy groups -OCH3 is 1. The predicted molar refractivity (Wildman–Crippen MR) is 112 cm³/mol. The number of hydrogen-bond acceptors (Lipinski definition) is 6. The fraction of sp³-hybridized carbons (Fsp3) is 0.471. The van der Waals surface area contributed by atoms with Crippen molar-refractivity contribution in [3.8, 4) is 0 Å². The van der Waals surface area contributed by atoms with Gasteiger partial charge in [-0.25, -0.2) is 0 Å². The molecule has 0 aliphatic carbocycles. The van der Waals surface area contributed by atoms with E-state index >= 15 is 0 Å². The lowest BCUT2D eigenvalue weighted by Crippen LogP contribution is -2.34. The summed E-state index contributed by atoms with van der Waals surface area (Å²) in [6.07, 6.45) is 1.14. The molecule has 3 N–H and O–H groups in total. The third-order valence-electron chi connectivity index (χ3n) is 3.64. The van der Waals surface area contributed by atoms with E-state index in [0.717, 1.165) is 35.1 Å². The second-order valence-corrected chi connectivity index (χ2v) is 7.25. The lowest BCUT2D eigenvalue weighted by atomic mass is 10.1. The first-order chi connectivity index (χ1) is 12.1. The Labute approximate surface area is 158 Å². The first-order valence-corrected chi connectivity index (χ1v) is 9.56. The molecule has 0 saturated carbocycles. The number of aliphatic imine (C=N–C) groups is 1. The van der Waals surface area contributed by atoms with Crippen LogP contribution >= 0.6 is 24.0 Å². The molecule has 0 aromatic heterocycles. The summed E-state index contributed by atoms with van der Waals surface area (Å²) in [4.78, 5) is 4.52. The normalized spacial score (nSPS) is 17.2. The molecule has 0 amide bonds. The van der Waals surface area contributed by atoms with E-state index in [2.05, 4.69) is 33.1 Å². The second-order valence-electron chi connectivity index (χ2n) is 5.55. The van der Waals surface area contributed by atoms with Crippen LogP contribution in [0.4, 0.5) is 5.69 Å². The summed E-state index contributed by atoms with van der Waals surface area (Å²) in [5.41, 5.74) is 5.77. The van der Waals surface area contributed by atoms with Gasteiger partial charge in [0.15, 0.2) is 10.3 Å². The van der Waals surface area contributed by atoms with Gasteiger partial charge in [-0.2, -0.15) is 5.10 Å². The number of hydrogen-bond donors (Lipinski definition) is 3. The molecular weight excluding hydrogens is 354 g/mol. The zero-order valence-corrected chi connectivity index (χ0v) is 16.5. The molecule has 136 valence electrons. The highest BCUT2D eigenvalue weighted by atomic mass is 32.2. The van der Waals surface area contributed by atoms with Gasteiger partial charge in [0.1, 0.15) is 0 Å². The molecule has 6 nitrogen and oxygen atoms in total. The first kappa shape index (κ1) is 19.7. The third-order valence-corrected chi connectivity index (χ3v) is 5.15. The Morgan fingerprint density at radius 2 is 2.16 bits per heavy atom. The van der Waals surface area contributed by atoms with Gasteiger partial charge in [-0.15, -0.1) is 0 Å². The minimum atomic E-state index is 0.483. The zero-order chi connectivity index (χ0) is 18.1. The molecule has 1 heterocycles. The zero-order valence-electron chi connectivity index (χ0n) is 14.8. The molecule has 1 aliphatic rings. The van der Waals surface area contributed by atoms with Crippen molar-refractivity contribution in [1.29, 1.82) is 0 Å². The third kappa shape index (κ3) is 6.64. The van der Waals surface area contributed by atoms with Crippen molar-refractivity contribution < 1.29 is 4.74 Å². The minimum absolute atomic E-state index is 0.483. The maximum atomic E-state index is 5.15. The van der Waals surface area contributed by atoms with E-state index in [9.17, 15) is 0 Å². The first-order valence-electron chi connectivity index (χ1n) is 8.28. The highest BCUT2D eigenvalue weighted by molar-refractivity contribution is 8.15. The van der Waals surface area contributed by atoms with Crippen molar-refractivity contribution in [2.75, 3.05) is 32.1 Å². The average Bonchev–Trinajstić information content (AvgIpc) is 3.08. The fourth-order valence-corrected chi connectivity index (χ4v) is 3.23. The summed E-state index contributed by atoms with van der Waals surface area (Å²) in [6.45, 7) is 6.28. The summed E-state index contributed by atoms with van der Waals surface area (Å²) in [6, 6.07) is 8.13. The quantitative estimate of drug-likeness (QED) is 0.293. The van der Waals surface area contributed by atoms with Crippen LogP contribution in [0.2, 0.25) is 0 Å². The van der Waals surface area contributed by atoms with Crippen LogP contribution in [-0.4, -0.2) is 48.0 Å². The van der Waals surface area contributed by atoms with Gasteiger partial charge in [0.05, 0.1) is 18.9 Å². The molecule has 1 aliphatic heterocycles. The molecule has 0 saturated heterocycles. The van der Waals surface area contributed by atoms with E-state index in [1.54, 1.807) is 7.11 Å². The van der Waals surface area contributed by atoms with Crippen LogP contribution in [0.1, 0.15) is 25.8 Å². The highest BCUT2D eigenvalue weighted by Crippen LogP contribution is 2.24. The van der Waals surface area contributed by atoms with Gasteiger partial charge in [-0.1, -0.05) is 30.8 Å². The van der Waals surface area contributed by atoms with Gasteiger partial charge in [0.2, 0.25) is 0 Å². The van der Waals surface area contributed by atoms with E-state index in [4.69, 9.17) is 17.0 Å². The van der Waals surface area contributed by atoms with Crippen molar-refractivity contribution in [3.63, 3.8) is 0 Å². The number of hydrazone groups is 1. The number of thioether (sulfide) groups is 1. The Bertz CT molecular complexity index is 630. The van der Waals surface area contributed by atoms with Crippen LogP contribution in [0, 0.1) is 0 Å². The van der Waals surface area contributed by atoms with Crippen LogP contribution in [0.5, 0.6) is 0 Å². The van der Waals surface area contributed by atoms with E-state index in [0.29, 0.717) is 23.5 Å². The van der Waals surface area contributed by atoms with Crippen LogP contribution in [0.15, 0.2) is 34.4 Å². The number of anilines is 1. The SMILES string of the molecule is CC[C@H]1CN=C(Nc2ccc(/C(C)=N\NC(=S)NCCOC)cc2)S1. The van der Waals surface area contributed by atoms with Gasteiger partial charge in [-0.05, 0) is 43.3 Å². The van der Waals surface area contributed by atoms with Crippen LogP contribution in [0.3, 0.4) is 0 Å². The lowest BCUT2D eigenvalue weighted by molar-refractivity contribution is 0.204. The number of rotatable bonds is 7. The number of benzene rings is 1. The number of nitrogens with one attached hydrogen (secondary N) is 3. The fourth-order valence-electron chi connectivity index (χ4n) is 2.12. The molecule has 1 atom stereocenters. The van der Waals surface area contributed by atoms with Crippen molar-refractivity contribution in [2.24, 2.45) is 10.1 Å². The Balaban J connectivity index is 1.84. The van der Waals surface area contributed by atoms with E-state index in [1.807, 2.05) is 43.0 Å². The second kappa shape index (κ2) is 10.4. The molecule has 0 spiro atoms. The van der Waals surface area contributed by atoms with Gasteiger partial charge >= 0.3 is 0 Å². The monoisotopic (exact) mass is 379 g/mol. The summed E-state index contributed by atoms with van der Waals surface area (Å²) < 4.78 is 4.96. The molecule has 1 aromatic rings. The van der Waals surface area contributed by atoms with Gasteiger partial charge in [0, 0.05) is 24.6 Å². The Hall–Kier alpha value is -1.64. The standard InChI is InChI=1S/C17H25N5OS2/c1-4-15-11-19-17(25-15)20-14-7-5-13(6-8-14)12(2)21-22-16(24)18-9-10-23-3/h5-8,15H,4,9-11H2,1-3H3,(H,19,20)(H2,18,22,24)/b21-12-/t15-/m0/s1. The molecular formula is C17H25N5OS2. The summed E-state index contributed by atoms with van der Waals surface area (Å²) in [5, 5.41) is 12.8. The molecule has 2 rings (SSSR count). The molecule has 0 bridgehead atoms.